The van der Waals surface area contributed by atoms with E-state index in [0.717, 1.165) is 10.6 Å². The van der Waals surface area contributed by atoms with Gasteiger partial charge in [0, 0.05) is 5.56 Å². The van der Waals surface area contributed by atoms with Crippen LogP contribution in [0.15, 0.2) is 18.2 Å². The summed E-state index contributed by atoms with van der Waals surface area (Å²) in [7, 11) is 1.34. The van der Waals surface area contributed by atoms with E-state index in [1.54, 1.807) is 18.2 Å². The minimum Gasteiger partial charge on any atom is -0.465 e. The van der Waals surface area contributed by atoms with Gasteiger partial charge in [0.1, 0.15) is 4.88 Å². The second-order valence-electron chi connectivity index (χ2n) is 3.53. The first kappa shape index (κ1) is 13.3. The number of aromatic nitrogens is 1. The molecule has 0 aliphatic carbocycles. The van der Waals surface area contributed by atoms with E-state index in [4.69, 9.17) is 27.9 Å². The van der Waals surface area contributed by atoms with Crippen LogP contribution < -0.4 is 0 Å². The molecule has 6 heteroatoms. The molecule has 0 radical (unpaired) electrons. The summed E-state index contributed by atoms with van der Waals surface area (Å²) in [6.07, 6.45) is 0. The zero-order valence-corrected chi connectivity index (χ0v) is 12.0. The molecule has 0 spiro atoms. The van der Waals surface area contributed by atoms with E-state index >= 15 is 0 Å². The Morgan fingerprint density at radius 1 is 1.33 bits per heavy atom. The fourth-order valence-corrected chi connectivity index (χ4v) is 2.65. The Bertz CT molecular complexity index is 610. The number of ether oxygens (including phenoxy) is 1. The third kappa shape index (κ3) is 2.51. The molecule has 1 aromatic heterocycles. The van der Waals surface area contributed by atoms with Gasteiger partial charge >= 0.3 is 5.97 Å². The molecule has 0 unspecified atom stereocenters. The van der Waals surface area contributed by atoms with Crippen molar-refractivity contribution in [3.05, 3.63) is 38.1 Å². The summed E-state index contributed by atoms with van der Waals surface area (Å²) < 4.78 is 4.74. The number of methoxy groups -OCH3 is 1. The van der Waals surface area contributed by atoms with Crippen molar-refractivity contribution in [2.24, 2.45) is 0 Å². The van der Waals surface area contributed by atoms with Crippen LogP contribution in [0.5, 0.6) is 0 Å². The number of hydrogen-bond donors (Lipinski definition) is 0. The van der Waals surface area contributed by atoms with Crippen LogP contribution >= 0.6 is 34.5 Å². The Labute approximate surface area is 118 Å². The lowest BCUT2D eigenvalue weighted by Crippen LogP contribution is -2.00. The molecule has 94 valence electrons. The molecule has 0 N–H and O–H groups in total. The molecule has 0 saturated heterocycles. The van der Waals surface area contributed by atoms with E-state index < -0.39 is 5.97 Å². The molecule has 2 aromatic rings. The van der Waals surface area contributed by atoms with E-state index in [1.165, 1.54) is 18.4 Å². The number of thiazole rings is 1. The SMILES string of the molecule is COC(=O)c1sc(C)nc1-c1ccc(Cl)c(Cl)c1. The first-order valence-electron chi connectivity index (χ1n) is 5.04. The summed E-state index contributed by atoms with van der Waals surface area (Å²) in [5.74, 6) is -0.401. The number of aryl methyl sites for hydroxylation is 1. The van der Waals surface area contributed by atoms with Gasteiger partial charge < -0.3 is 4.74 Å². The van der Waals surface area contributed by atoms with E-state index in [-0.39, 0.29) is 0 Å². The van der Waals surface area contributed by atoms with Crippen molar-refractivity contribution in [1.29, 1.82) is 0 Å². The van der Waals surface area contributed by atoms with Gasteiger partial charge in [-0.25, -0.2) is 9.78 Å². The maximum absolute atomic E-state index is 11.7. The van der Waals surface area contributed by atoms with Gasteiger partial charge in [0.05, 0.1) is 27.9 Å². The first-order valence-corrected chi connectivity index (χ1v) is 6.61. The van der Waals surface area contributed by atoms with Gasteiger partial charge in [-0.1, -0.05) is 29.3 Å². The lowest BCUT2D eigenvalue weighted by atomic mass is 10.1. The minimum atomic E-state index is -0.401. The monoisotopic (exact) mass is 301 g/mol. The maximum Gasteiger partial charge on any atom is 0.350 e. The summed E-state index contributed by atoms with van der Waals surface area (Å²) in [4.78, 5) is 16.5. The van der Waals surface area contributed by atoms with Crippen molar-refractivity contribution >= 4 is 40.5 Å². The third-order valence-electron chi connectivity index (χ3n) is 2.30. The Morgan fingerprint density at radius 2 is 2.06 bits per heavy atom. The molecular weight excluding hydrogens is 293 g/mol. The van der Waals surface area contributed by atoms with Crippen LogP contribution in [0.4, 0.5) is 0 Å². The zero-order valence-electron chi connectivity index (χ0n) is 9.66. The lowest BCUT2D eigenvalue weighted by molar-refractivity contribution is 0.0607. The molecule has 2 rings (SSSR count). The average Bonchev–Trinajstić information content (AvgIpc) is 2.74. The predicted molar refractivity (Wildman–Crippen MR) is 73.6 cm³/mol. The summed E-state index contributed by atoms with van der Waals surface area (Å²) in [6.45, 7) is 1.83. The molecule has 0 aliphatic heterocycles. The highest BCUT2D eigenvalue weighted by Gasteiger charge is 2.19. The van der Waals surface area contributed by atoms with Crippen LogP contribution in [0.25, 0.3) is 11.3 Å². The van der Waals surface area contributed by atoms with Crippen LogP contribution in [-0.4, -0.2) is 18.1 Å². The van der Waals surface area contributed by atoms with Gasteiger partial charge in [0.2, 0.25) is 0 Å². The smallest absolute Gasteiger partial charge is 0.350 e. The quantitative estimate of drug-likeness (QED) is 0.780. The van der Waals surface area contributed by atoms with Gasteiger partial charge in [-0.3, -0.25) is 0 Å². The second kappa shape index (κ2) is 5.26. The van der Waals surface area contributed by atoms with Crippen LogP contribution in [-0.2, 0) is 4.74 Å². The third-order valence-corrected chi connectivity index (χ3v) is 3.99. The highest BCUT2D eigenvalue weighted by molar-refractivity contribution is 7.14. The topological polar surface area (TPSA) is 39.2 Å². The molecule has 0 aliphatic rings. The minimum absolute atomic E-state index is 0.401. The van der Waals surface area contributed by atoms with Crippen molar-refractivity contribution in [1.82, 2.24) is 4.98 Å². The zero-order chi connectivity index (χ0) is 13.3. The molecular formula is C12H9Cl2NO2S. The molecule has 0 bridgehead atoms. The van der Waals surface area contributed by atoms with Crippen molar-refractivity contribution < 1.29 is 9.53 Å². The van der Waals surface area contributed by atoms with Crippen molar-refractivity contribution in [2.75, 3.05) is 7.11 Å². The van der Waals surface area contributed by atoms with Crippen LogP contribution in [0.3, 0.4) is 0 Å². The van der Waals surface area contributed by atoms with Crippen LogP contribution in [0, 0.1) is 6.92 Å². The van der Waals surface area contributed by atoms with Crippen LogP contribution in [0.1, 0.15) is 14.7 Å². The number of carbonyl (C=O) groups excluding carboxylic acids is 1. The standard InChI is InChI=1S/C12H9Cl2NO2S/c1-6-15-10(11(18-6)12(16)17-2)7-3-4-8(13)9(14)5-7/h3-5H,1-2H3. The Kier molecular flexibility index (Phi) is 3.90. The molecule has 3 nitrogen and oxygen atoms in total. The molecule has 0 amide bonds. The van der Waals surface area contributed by atoms with Gasteiger partial charge in [-0.05, 0) is 19.1 Å². The first-order chi connectivity index (χ1) is 8.52. The Hall–Kier alpha value is -1.10. The van der Waals surface area contributed by atoms with E-state index in [2.05, 4.69) is 4.98 Å². The van der Waals surface area contributed by atoms with Crippen molar-refractivity contribution in [3.8, 4) is 11.3 Å². The molecule has 1 heterocycles. The maximum atomic E-state index is 11.7. The summed E-state index contributed by atoms with van der Waals surface area (Å²) in [5, 5.41) is 1.68. The van der Waals surface area contributed by atoms with Crippen molar-refractivity contribution in [2.45, 2.75) is 6.92 Å². The highest BCUT2D eigenvalue weighted by atomic mass is 35.5. The molecule has 0 saturated carbocycles. The molecule has 0 fully saturated rings. The summed E-state index contributed by atoms with van der Waals surface area (Å²) >= 11 is 13.1. The molecule has 0 atom stereocenters. The number of hydrogen-bond acceptors (Lipinski definition) is 4. The predicted octanol–water partition coefficient (Wildman–Crippen LogP) is 4.21. The molecule has 1 aromatic carbocycles. The van der Waals surface area contributed by atoms with E-state index in [1.807, 2.05) is 6.92 Å². The number of halogens is 2. The van der Waals surface area contributed by atoms with Gasteiger partial charge in [-0.2, -0.15) is 0 Å². The normalized spacial score (nSPS) is 10.4. The number of rotatable bonds is 2. The van der Waals surface area contributed by atoms with Crippen LogP contribution in [0.2, 0.25) is 10.0 Å². The summed E-state index contributed by atoms with van der Waals surface area (Å²) in [6, 6.07) is 5.13. The van der Waals surface area contributed by atoms with Crippen molar-refractivity contribution in [3.63, 3.8) is 0 Å². The number of benzene rings is 1. The Balaban J connectivity index is 2.56. The fourth-order valence-electron chi connectivity index (χ4n) is 1.50. The number of carbonyl (C=O) groups is 1. The second-order valence-corrected chi connectivity index (χ2v) is 5.55. The molecule has 18 heavy (non-hydrogen) atoms. The summed E-state index contributed by atoms with van der Waals surface area (Å²) in [5.41, 5.74) is 1.32. The highest BCUT2D eigenvalue weighted by Crippen LogP contribution is 2.32. The largest absolute Gasteiger partial charge is 0.465 e. The van der Waals surface area contributed by atoms with Gasteiger partial charge in [0.15, 0.2) is 0 Å². The van der Waals surface area contributed by atoms with E-state index in [9.17, 15) is 4.79 Å². The Morgan fingerprint density at radius 3 is 2.67 bits per heavy atom. The fraction of sp³-hybridized carbons (Fsp3) is 0.167. The number of nitrogens with zero attached hydrogens (tertiary/aromatic N) is 1. The lowest BCUT2D eigenvalue weighted by Gasteiger charge is -2.02. The van der Waals surface area contributed by atoms with Gasteiger partial charge in [0.25, 0.3) is 0 Å². The van der Waals surface area contributed by atoms with E-state index in [0.29, 0.717) is 20.6 Å². The number of esters is 1. The van der Waals surface area contributed by atoms with Gasteiger partial charge in [-0.15, -0.1) is 11.3 Å². The average molecular weight is 302 g/mol.